The van der Waals surface area contributed by atoms with E-state index in [2.05, 4.69) is 158 Å². The molecule has 0 spiro atoms. The van der Waals surface area contributed by atoms with Gasteiger partial charge in [0.05, 0.1) is 0 Å². The number of hydrogen-bond donors (Lipinski definition) is 0. The fourth-order valence-electron chi connectivity index (χ4n) is 7.08. The first kappa shape index (κ1) is 33.2. The second kappa shape index (κ2) is 12.7. The minimum atomic E-state index is -2.68. The number of nitrogens with zero attached hydrogens (tertiary/aromatic N) is 1. The van der Waals surface area contributed by atoms with Crippen molar-refractivity contribution in [2.24, 2.45) is 0 Å². The second-order valence-electron chi connectivity index (χ2n) is 15.3. The molecule has 0 amide bonds. The summed E-state index contributed by atoms with van der Waals surface area (Å²) < 4.78 is 15.7. The van der Waals surface area contributed by atoms with Crippen molar-refractivity contribution in [2.75, 3.05) is 28.3 Å². The van der Waals surface area contributed by atoms with Crippen molar-refractivity contribution in [3.8, 4) is 44.9 Å². The normalized spacial score (nSPS) is 12.7. The van der Waals surface area contributed by atoms with Crippen LogP contribution >= 0.6 is 0 Å². The zero-order chi connectivity index (χ0) is 33.7. The number of hydrogen-bond acceptors (Lipinski definition) is 3. The van der Waals surface area contributed by atoms with E-state index in [9.17, 15) is 0 Å². The summed E-state index contributed by atoms with van der Waals surface area (Å²) in [6.07, 6.45) is 0. The van der Waals surface area contributed by atoms with Crippen LogP contribution in [0, 0.1) is 0 Å². The summed E-state index contributed by atoms with van der Waals surface area (Å²) in [5.74, 6) is 1.76. The van der Waals surface area contributed by atoms with Crippen molar-refractivity contribution >= 4 is 28.6 Å². The molecule has 4 heteroatoms. The number of methoxy groups -OCH3 is 2. The maximum absolute atomic E-state index is 5.48. The molecule has 0 saturated heterocycles. The summed E-state index contributed by atoms with van der Waals surface area (Å²) in [7, 11) is 7.86. The molecular formula is C43H48GaNO2. The van der Waals surface area contributed by atoms with Crippen LogP contribution in [0.5, 0.6) is 11.5 Å². The summed E-state index contributed by atoms with van der Waals surface area (Å²) in [6.45, 7) is 15.2. The molecule has 0 unspecified atom stereocenters. The Labute approximate surface area is 287 Å². The quantitative estimate of drug-likeness (QED) is 0.159. The number of fused-ring (bicyclic) bond motifs is 3. The Morgan fingerprint density at radius 2 is 1.00 bits per heavy atom. The van der Waals surface area contributed by atoms with Crippen LogP contribution in [0.2, 0.25) is 0 Å². The second-order valence-corrected chi connectivity index (χ2v) is 21.0. The van der Waals surface area contributed by atoms with Crippen LogP contribution in [0.4, 0.5) is 0 Å². The van der Waals surface area contributed by atoms with E-state index in [4.69, 9.17) is 9.47 Å². The van der Waals surface area contributed by atoms with Gasteiger partial charge in [-0.1, -0.05) is 0 Å². The van der Waals surface area contributed by atoms with Crippen LogP contribution in [-0.2, 0) is 17.4 Å². The van der Waals surface area contributed by atoms with Gasteiger partial charge in [-0.25, -0.2) is 0 Å². The predicted octanol–water partition coefficient (Wildman–Crippen LogP) is 8.19. The molecule has 1 aliphatic rings. The summed E-state index contributed by atoms with van der Waals surface area (Å²) >= 11 is -2.68. The third-order valence-corrected chi connectivity index (χ3v) is 16.8. The van der Waals surface area contributed by atoms with Gasteiger partial charge in [-0.3, -0.25) is 0 Å². The van der Waals surface area contributed by atoms with Gasteiger partial charge in [0.25, 0.3) is 0 Å². The van der Waals surface area contributed by atoms with Crippen molar-refractivity contribution in [1.29, 1.82) is 0 Å². The van der Waals surface area contributed by atoms with E-state index in [0.717, 1.165) is 18.0 Å². The Balaban J connectivity index is 1.65. The number of benzene rings is 5. The molecule has 0 aliphatic carbocycles. The molecule has 1 aliphatic heterocycles. The summed E-state index contributed by atoms with van der Waals surface area (Å²) in [5.41, 5.74) is 12.2. The average molecular weight is 681 g/mol. The molecule has 0 fully saturated rings. The maximum atomic E-state index is 5.48. The third-order valence-electron chi connectivity index (χ3n) is 9.58. The van der Waals surface area contributed by atoms with Gasteiger partial charge in [-0.2, -0.15) is 0 Å². The third kappa shape index (κ3) is 6.56. The van der Waals surface area contributed by atoms with Gasteiger partial charge in [0.1, 0.15) is 0 Å². The molecule has 5 aromatic carbocycles. The van der Waals surface area contributed by atoms with E-state index in [1.54, 1.807) is 26.6 Å². The van der Waals surface area contributed by atoms with Crippen LogP contribution in [0.25, 0.3) is 33.4 Å². The van der Waals surface area contributed by atoms with Crippen molar-refractivity contribution < 1.29 is 9.47 Å². The summed E-state index contributed by atoms with van der Waals surface area (Å²) in [6, 6.07) is 36.5. The zero-order valence-corrected chi connectivity index (χ0v) is 32.2. The van der Waals surface area contributed by atoms with Gasteiger partial charge >= 0.3 is 289 Å². The van der Waals surface area contributed by atoms with Crippen molar-refractivity contribution in [2.45, 2.75) is 58.9 Å². The molecule has 240 valence electrons. The summed E-state index contributed by atoms with van der Waals surface area (Å²) in [5, 5.41) is 0. The Kier molecular flexibility index (Phi) is 8.99. The van der Waals surface area contributed by atoms with Crippen molar-refractivity contribution in [3.05, 3.63) is 114 Å². The minimum absolute atomic E-state index is 0.00693. The van der Waals surface area contributed by atoms with Crippen LogP contribution in [0.3, 0.4) is 0 Å². The van der Waals surface area contributed by atoms with Gasteiger partial charge in [0, 0.05) is 0 Å². The first-order chi connectivity index (χ1) is 22.3. The van der Waals surface area contributed by atoms with Gasteiger partial charge in [0.15, 0.2) is 0 Å². The van der Waals surface area contributed by atoms with E-state index in [-0.39, 0.29) is 10.8 Å². The van der Waals surface area contributed by atoms with Gasteiger partial charge < -0.3 is 0 Å². The molecule has 1 heterocycles. The van der Waals surface area contributed by atoms with Crippen LogP contribution in [0.15, 0.2) is 97.1 Å². The van der Waals surface area contributed by atoms with E-state index < -0.39 is 16.2 Å². The van der Waals surface area contributed by atoms with Crippen LogP contribution in [-0.4, -0.2) is 49.4 Å². The molecule has 0 bridgehead atoms. The number of ether oxygens (including phenoxy) is 2. The molecule has 0 radical (unpaired) electrons. The van der Waals surface area contributed by atoms with Crippen LogP contribution < -0.4 is 21.8 Å². The SMILES string of the molecule is COc1ccc(-c2ccc3[c](c2)[Ga]([c]2c(CN(C)C)cc(C(C)(C)C)cc2C(C)(C)C)[c]2cc(-c4ccc(OC)cc4)ccc2-3)cc1. The topological polar surface area (TPSA) is 21.7 Å². The molecule has 3 nitrogen and oxygen atoms in total. The van der Waals surface area contributed by atoms with Crippen LogP contribution in [0.1, 0.15) is 58.2 Å². The standard InChI is InChI=1S/C26H20O2.C17H28N.Ga/c1-27-25-15-11-23(12-16-25)21-7-3-19(4-8-21)20-5-9-22(10-6-20)24-13-17-26(28-2)18-14-24;1-16(2,3)14-9-13(12-18(7)8)10-15(11-14)17(4,5)6;/h3,5,7-18H,1-2H3;9,11H,12H2,1-8H3;. The molecule has 5 aromatic rings. The zero-order valence-electron chi connectivity index (χ0n) is 29.8. The van der Waals surface area contributed by atoms with E-state index >= 15 is 0 Å². The first-order valence-electron chi connectivity index (χ1n) is 16.7. The Hall–Kier alpha value is -3.70. The fourth-order valence-corrected chi connectivity index (χ4v) is 15.8. The van der Waals surface area contributed by atoms with E-state index in [1.165, 1.54) is 50.1 Å². The Morgan fingerprint density at radius 3 is 1.38 bits per heavy atom. The van der Waals surface area contributed by atoms with E-state index in [0.29, 0.717) is 0 Å². The van der Waals surface area contributed by atoms with Crippen molar-refractivity contribution in [1.82, 2.24) is 4.90 Å². The fraction of sp³-hybridized carbons (Fsp3) is 0.302. The molecule has 0 N–H and O–H groups in total. The Bertz CT molecular complexity index is 1810. The van der Waals surface area contributed by atoms with Gasteiger partial charge in [0.2, 0.25) is 0 Å². The van der Waals surface area contributed by atoms with E-state index in [1.807, 2.05) is 0 Å². The van der Waals surface area contributed by atoms with Gasteiger partial charge in [-0.15, -0.1) is 0 Å². The molecule has 0 aromatic heterocycles. The molecule has 0 atom stereocenters. The first-order valence-corrected chi connectivity index (χ1v) is 20.3. The Morgan fingerprint density at radius 1 is 0.553 bits per heavy atom. The molecule has 6 rings (SSSR count). The van der Waals surface area contributed by atoms with Crippen molar-refractivity contribution in [3.63, 3.8) is 0 Å². The van der Waals surface area contributed by atoms with Gasteiger partial charge in [-0.05, 0) is 0 Å². The average Bonchev–Trinajstić information content (AvgIpc) is 3.36. The predicted molar refractivity (Wildman–Crippen MR) is 202 cm³/mol. The molecular weight excluding hydrogens is 632 g/mol. The summed E-state index contributed by atoms with van der Waals surface area (Å²) in [4.78, 5) is 2.35. The monoisotopic (exact) mass is 679 g/mol. The molecule has 0 saturated carbocycles. The molecule has 47 heavy (non-hydrogen) atoms. The number of rotatable bonds is 7.